The number of halogens is 1. The molecule has 2 aromatic rings. The molecule has 0 atom stereocenters. The molecule has 20 heavy (non-hydrogen) atoms. The normalized spacial score (nSPS) is 15.2. The molecule has 1 aliphatic heterocycles. The van der Waals surface area contributed by atoms with Crippen LogP contribution < -0.4 is 10.6 Å². The third kappa shape index (κ3) is 2.66. The first-order valence-corrected chi connectivity index (χ1v) is 7.90. The molecule has 1 fully saturated rings. The summed E-state index contributed by atoms with van der Waals surface area (Å²) in [5, 5.41) is 0. The fraction of sp³-hybridized carbons (Fsp3) is 0.214. The fourth-order valence-electron chi connectivity index (χ4n) is 2.25. The van der Waals surface area contributed by atoms with Crippen molar-refractivity contribution in [2.45, 2.75) is 6.54 Å². The molecule has 4 nitrogen and oxygen atoms in total. The van der Waals surface area contributed by atoms with Crippen molar-refractivity contribution in [2.24, 2.45) is 0 Å². The first-order chi connectivity index (χ1) is 9.63. The lowest BCUT2D eigenvalue weighted by atomic mass is 10.2. The van der Waals surface area contributed by atoms with Crippen LogP contribution in [0.15, 0.2) is 40.2 Å². The van der Waals surface area contributed by atoms with Gasteiger partial charge in [-0.3, -0.25) is 4.90 Å². The van der Waals surface area contributed by atoms with Gasteiger partial charge in [0.25, 0.3) is 0 Å². The van der Waals surface area contributed by atoms with Gasteiger partial charge in [-0.2, -0.15) is 0 Å². The summed E-state index contributed by atoms with van der Waals surface area (Å²) >= 11 is 5.11. The second-order valence-electron chi connectivity index (χ2n) is 4.65. The number of thiophene rings is 1. The summed E-state index contributed by atoms with van der Waals surface area (Å²) < 4.78 is 1.09. The van der Waals surface area contributed by atoms with E-state index in [2.05, 4.69) is 15.9 Å². The van der Waals surface area contributed by atoms with Crippen LogP contribution in [0.1, 0.15) is 4.88 Å². The van der Waals surface area contributed by atoms with Gasteiger partial charge < -0.3 is 10.6 Å². The Morgan fingerprint density at radius 3 is 2.55 bits per heavy atom. The van der Waals surface area contributed by atoms with Gasteiger partial charge in [0.2, 0.25) is 0 Å². The highest BCUT2D eigenvalue weighted by Crippen LogP contribution is 2.26. The number of nitrogen functional groups attached to an aromatic ring is 1. The fourth-order valence-corrected chi connectivity index (χ4v) is 3.75. The number of anilines is 2. The number of rotatable bonds is 3. The summed E-state index contributed by atoms with van der Waals surface area (Å²) in [6, 6.07) is 11.5. The van der Waals surface area contributed by atoms with E-state index in [0.717, 1.165) is 22.6 Å². The smallest absolute Gasteiger partial charge is 0.324 e. The quantitative estimate of drug-likeness (QED) is 0.859. The lowest BCUT2D eigenvalue weighted by Crippen LogP contribution is -2.31. The van der Waals surface area contributed by atoms with Gasteiger partial charge >= 0.3 is 6.03 Å². The maximum absolute atomic E-state index is 12.4. The molecule has 0 unspecified atom stereocenters. The Morgan fingerprint density at radius 1 is 1.15 bits per heavy atom. The number of hydrogen-bond donors (Lipinski definition) is 1. The monoisotopic (exact) mass is 351 g/mol. The SMILES string of the molecule is Nc1ccc(N2CCN(Cc3ccc(Br)s3)C2=O)cc1. The highest BCUT2D eigenvalue weighted by molar-refractivity contribution is 9.11. The number of benzene rings is 1. The molecule has 1 aliphatic rings. The Kier molecular flexibility index (Phi) is 3.67. The standard InChI is InChI=1S/C14H14BrN3OS/c15-13-6-5-12(20-13)9-17-7-8-18(14(17)19)11-3-1-10(16)2-4-11/h1-6H,7-9,16H2. The number of carbonyl (C=O) groups is 1. The number of carbonyl (C=O) groups excluding carboxylic acids is 1. The molecule has 2 N–H and O–H groups in total. The Hall–Kier alpha value is -1.53. The second kappa shape index (κ2) is 5.46. The number of nitrogens with zero attached hydrogens (tertiary/aromatic N) is 2. The molecule has 1 aromatic carbocycles. The van der Waals surface area contributed by atoms with Crippen LogP contribution in [-0.4, -0.2) is 24.0 Å². The Balaban J connectivity index is 1.72. The van der Waals surface area contributed by atoms with Crippen LogP contribution in [0.25, 0.3) is 0 Å². The summed E-state index contributed by atoms with van der Waals surface area (Å²) in [4.78, 5) is 17.3. The molecule has 0 aliphatic carbocycles. The minimum Gasteiger partial charge on any atom is -0.399 e. The van der Waals surface area contributed by atoms with Crippen LogP contribution in [0.2, 0.25) is 0 Å². The molecule has 1 saturated heterocycles. The van der Waals surface area contributed by atoms with Crippen LogP contribution in [0.4, 0.5) is 16.2 Å². The van der Waals surface area contributed by atoms with Gasteiger partial charge in [0, 0.05) is 29.3 Å². The number of hydrogen-bond acceptors (Lipinski definition) is 3. The predicted molar refractivity (Wildman–Crippen MR) is 86.0 cm³/mol. The molecular formula is C14H14BrN3OS. The van der Waals surface area contributed by atoms with E-state index >= 15 is 0 Å². The van der Waals surface area contributed by atoms with E-state index in [1.807, 2.05) is 41.3 Å². The zero-order valence-corrected chi connectivity index (χ0v) is 13.2. The molecule has 104 valence electrons. The van der Waals surface area contributed by atoms with Gasteiger partial charge in [-0.1, -0.05) is 0 Å². The molecule has 3 rings (SSSR count). The van der Waals surface area contributed by atoms with Crippen LogP contribution in [0, 0.1) is 0 Å². The summed E-state index contributed by atoms with van der Waals surface area (Å²) in [7, 11) is 0. The number of nitrogens with two attached hydrogens (primary N) is 1. The van der Waals surface area contributed by atoms with E-state index < -0.39 is 0 Å². The van der Waals surface area contributed by atoms with Crippen molar-refractivity contribution in [1.29, 1.82) is 0 Å². The van der Waals surface area contributed by atoms with E-state index in [0.29, 0.717) is 12.2 Å². The van der Waals surface area contributed by atoms with Gasteiger partial charge in [0.15, 0.2) is 0 Å². The molecule has 1 aromatic heterocycles. The summed E-state index contributed by atoms with van der Waals surface area (Å²) in [5.41, 5.74) is 7.29. The van der Waals surface area contributed by atoms with Crippen molar-refractivity contribution in [3.63, 3.8) is 0 Å². The van der Waals surface area contributed by atoms with E-state index in [1.165, 1.54) is 4.88 Å². The maximum atomic E-state index is 12.4. The third-order valence-corrected chi connectivity index (χ3v) is 4.88. The van der Waals surface area contributed by atoms with Gasteiger partial charge in [-0.15, -0.1) is 11.3 Å². The van der Waals surface area contributed by atoms with Crippen molar-refractivity contribution in [3.8, 4) is 0 Å². The van der Waals surface area contributed by atoms with Gasteiger partial charge in [-0.25, -0.2) is 4.79 Å². The molecule has 2 heterocycles. The highest BCUT2D eigenvalue weighted by atomic mass is 79.9. The van der Waals surface area contributed by atoms with Crippen molar-refractivity contribution in [1.82, 2.24) is 4.90 Å². The van der Waals surface area contributed by atoms with E-state index in [1.54, 1.807) is 16.2 Å². The number of amides is 2. The molecule has 0 bridgehead atoms. The molecule has 0 radical (unpaired) electrons. The predicted octanol–water partition coefficient (Wildman–Crippen LogP) is 3.54. The van der Waals surface area contributed by atoms with Gasteiger partial charge in [0.05, 0.1) is 10.3 Å². The van der Waals surface area contributed by atoms with Crippen LogP contribution in [-0.2, 0) is 6.54 Å². The lowest BCUT2D eigenvalue weighted by molar-refractivity contribution is 0.219. The summed E-state index contributed by atoms with van der Waals surface area (Å²) in [6.45, 7) is 2.13. The Morgan fingerprint density at radius 2 is 1.90 bits per heavy atom. The van der Waals surface area contributed by atoms with Crippen LogP contribution in [0.3, 0.4) is 0 Å². The Bertz CT molecular complexity index is 626. The average Bonchev–Trinajstić information content (AvgIpc) is 2.99. The topological polar surface area (TPSA) is 49.6 Å². The molecule has 0 spiro atoms. The molecule has 0 saturated carbocycles. The summed E-state index contributed by atoms with van der Waals surface area (Å²) in [5.74, 6) is 0. The maximum Gasteiger partial charge on any atom is 0.324 e. The first kappa shape index (κ1) is 13.5. The van der Waals surface area contributed by atoms with Crippen molar-refractivity contribution in [2.75, 3.05) is 23.7 Å². The van der Waals surface area contributed by atoms with Crippen LogP contribution >= 0.6 is 27.3 Å². The molecule has 2 amide bonds. The van der Waals surface area contributed by atoms with Crippen molar-refractivity contribution in [3.05, 3.63) is 45.1 Å². The molecular weight excluding hydrogens is 338 g/mol. The van der Waals surface area contributed by atoms with Crippen molar-refractivity contribution < 1.29 is 4.79 Å². The van der Waals surface area contributed by atoms with Crippen molar-refractivity contribution >= 4 is 44.7 Å². The second-order valence-corrected chi connectivity index (χ2v) is 7.20. The number of urea groups is 1. The minimum atomic E-state index is 0.0549. The average molecular weight is 352 g/mol. The summed E-state index contributed by atoms with van der Waals surface area (Å²) in [6.07, 6.45) is 0. The first-order valence-electron chi connectivity index (χ1n) is 6.30. The highest BCUT2D eigenvalue weighted by Gasteiger charge is 2.29. The zero-order valence-electron chi connectivity index (χ0n) is 10.8. The third-order valence-electron chi connectivity index (χ3n) is 3.28. The van der Waals surface area contributed by atoms with E-state index in [9.17, 15) is 4.79 Å². The van der Waals surface area contributed by atoms with Gasteiger partial charge in [-0.05, 0) is 52.3 Å². The molecule has 6 heteroatoms. The minimum absolute atomic E-state index is 0.0549. The lowest BCUT2D eigenvalue weighted by Gasteiger charge is -2.18. The van der Waals surface area contributed by atoms with Gasteiger partial charge in [0.1, 0.15) is 0 Å². The largest absolute Gasteiger partial charge is 0.399 e. The van der Waals surface area contributed by atoms with E-state index in [4.69, 9.17) is 5.73 Å². The Labute approximate surface area is 129 Å². The van der Waals surface area contributed by atoms with E-state index in [-0.39, 0.29) is 6.03 Å². The zero-order chi connectivity index (χ0) is 14.1. The van der Waals surface area contributed by atoms with Crippen LogP contribution in [0.5, 0.6) is 0 Å².